The highest BCUT2D eigenvalue weighted by Crippen LogP contribution is 2.28. The first-order valence-electron chi connectivity index (χ1n) is 8.19. The van der Waals surface area contributed by atoms with Crippen LogP contribution in [0.25, 0.3) is 0 Å². The van der Waals surface area contributed by atoms with E-state index in [0.29, 0.717) is 19.0 Å². The first-order valence-corrected chi connectivity index (χ1v) is 10.1. The molecule has 0 radical (unpaired) electrons. The van der Waals surface area contributed by atoms with Crippen molar-refractivity contribution >= 4 is 40.8 Å². The molecule has 0 unspecified atom stereocenters. The second-order valence-electron chi connectivity index (χ2n) is 6.26. The van der Waals surface area contributed by atoms with Crippen molar-refractivity contribution in [2.24, 2.45) is 5.92 Å². The molecule has 0 aliphatic carbocycles. The summed E-state index contributed by atoms with van der Waals surface area (Å²) in [6.45, 7) is 3.32. The van der Waals surface area contributed by atoms with Gasteiger partial charge in [-0.1, -0.05) is 11.8 Å². The second-order valence-corrected chi connectivity index (χ2v) is 8.39. The summed E-state index contributed by atoms with van der Waals surface area (Å²) in [5.41, 5.74) is 1.06. The van der Waals surface area contributed by atoms with Gasteiger partial charge in [0.25, 0.3) is 0 Å². The molecule has 130 valence electrons. The number of hydrogen-bond donors (Lipinski definition) is 0. The van der Waals surface area contributed by atoms with Gasteiger partial charge >= 0.3 is 0 Å². The molecular formula is C16H21N3O3S2. The molecule has 3 rings (SSSR count). The number of thioether (sulfide) groups is 1. The number of likely N-dealkylation sites (tertiary alicyclic amines) is 2. The minimum Gasteiger partial charge on any atom is -0.341 e. The van der Waals surface area contributed by atoms with Crippen molar-refractivity contribution in [1.82, 2.24) is 14.8 Å². The van der Waals surface area contributed by atoms with E-state index in [2.05, 4.69) is 10.4 Å². The monoisotopic (exact) mass is 367 g/mol. The summed E-state index contributed by atoms with van der Waals surface area (Å²) in [6, 6.07) is 0. The van der Waals surface area contributed by atoms with Gasteiger partial charge in [-0.05, 0) is 25.7 Å². The minimum atomic E-state index is -0.224. The van der Waals surface area contributed by atoms with Crippen molar-refractivity contribution in [3.8, 4) is 0 Å². The normalized spacial score (nSPS) is 19.4. The zero-order valence-corrected chi connectivity index (χ0v) is 15.3. The number of carbonyl (C=O) groups excluding carboxylic acids is 3. The highest BCUT2D eigenvalue weighted by atomic mass is 32.2. The van der Waals surface area contributed by atoms with Gasteiger partial charge in [-0.2, -0.15) is 0 Å². The molecule has 0 saturated carbocycles. The van der Waals surface area contributed by atoms with Gasteiger partial charge in [0.15, 0.2) is 0 Å². The van der Waals surface area contributed by atoms with Gasteiger partial charge in [-0.25, -0.2) is 4.98 Å². The molecule has 0 bridgehead atoms. The summed E-state index contributed by atoms with van der Waals surface area (Å²) >= 11 is 3.47. The lowest BCUT2D eigenvalue weighted by molar-refractivity contribution is -0.146. The van der Waals surface area contributed by atoms with E-state index < -0.39 is 0 Å². The van der Waals surface area contributed by atoms with Crippen LogP contribution in [0.1, 0.15) is 31.4 Å². The highest BCUT2D eigenvalue weighted by Gasteiger charge is 2.32. The van der Waals surface area contributed by atoms with Crippen molar-refractivity contribution in [2.45, 2.75) is 36.9 Å². The van der Waals surface area contributed by atoms with Crippen molar-refractivity contribution in [3.63, 3.8) is 0 Å². The Bertz CT molecular complexity index is 622. The lowest BCUT2D eigenvalue weighted by atomic mass is 9.99. The highest BCUT2D eigenvalue weighted by molar-refractivity contribution is 8.01. The fourth-order valence-electron chi connectivity index (χ4n) is 2.97. The van der Waals surface area contributed by atoms with Gasteiger partial charge in [-0.3, -0.25) is 19.3 Å². The quantitative estimate of drug-likeness (QED) is 0.587. The third kappa shape index (κ3) is 4.16. The number of aromatic nitrogens is 1. The van der Waals surface area contributed by atoms with Crippen molar-refractivity contribution < 1.29 is 14.4 Å². The standard InChI is InChI=1S/C16H21N3O3S2/c1-11-9-23-16(17-11)24-10-12-4-6-18(7-5-12)15(22)8-19-13(20)2-3-14(19)21/h9,12H,2-8,10H2,1H3. The molecule has 6 nitrogen and oxygen atoms in total. The Balaban J connectivity index is 1.42. The van der Waals surface area contributed by atoms with Gasteiger partial charge in [0.05, 0.1) is 0 Å². The summed E-state index contributed by atoms with van der Waals surface area (Å²) < 4.78 is 1.11. The Morgan fingerprint density at radius 2 is 1.96 bits per heavy atom. The van der Waals surface area contributed by atoms with Gasteiger partial charge < -0.3 is 4.90 Å². The first kappa shape index (κ1) is 17.4. The summed E-state index contributed by atoms with van der Waals surface area (Å²) in [4.78, 5) is 42.9. The SMILES string of the molecule is Cc1csc(SCC2CCN(C(=O)CN3C(=O)CCC3=O)CC2)n1. The smallest absolute Gasteiger partial charge is 0.242 e. The van der Waals surface area contributed by atoms with Gasteiger partial charge in [-0.15, -0.1) is 11.3 Å². The Morgan fingerprint density at radius 1 is 1.29 bits per heavy atom. The molecule has 3 amide bonds. The third-order valence-electron chi connectivity index (χ3n) is 4.46. The van der Waals surface area contributed by atoms with Crippen LogP contribution in [0.3, 0.4) is 0 Å². The zero-order chi connectivity index (χ0) is 17.1. The second kappa shape index (κ2) is 7.65. The number of amides is 3. The van der Waals surface area contributed by atoms with Gasteiger partial charge in [0.2, 0.25) is 17.7 Å². The van der Waals surface area contributed by atoms with Crippen LogP contribution >= 0.6 is 23.1 Å². The molecule has 0 atom stereocenters. The topological polar surface area (TPSA) is 70.6 Å². The average molecular weight is 367 g/mol. The number of piperidine rings is 1. The van der Waals surface area contributed by atoms with Crippen LogP contribution in [0.2, 0.25) is 0 Å². The van der Waals surface area contributed by atoms with Crippen LogP contribution < -0.4 is 0 Å². The average Bonchev–Trinajstić information content (AvgIpc) is 3.13. The fraction of sp³-hybridized carbons (Fsp3) is 0.625. The van der Waals surface area contributed by atoms with Crippen LogP contribution in [0.5, 0.6) is 0 Å². The molecule has 24 heavy (non-hydrogen) atoms. The van der Waals surface area contributed by atoms with E-state index in [1.807, 2.05) is 6.92 Å². The number of hydrogen-bond acceptors (Lipinski definition) is 6. The third-order valence-corrected chi connectivity index (χ3v) is 6.83. The van der Waals surface area contributed by atoms with E-state index >= 15 is 0 Å². The van der Waals surface area contributed by atoms with Crippen LogP contribution in [0, 0.1) is 12.8 Å². The predicted molar refractivity (Wildman–Crippen MR) is 92.8 cm³/mol. The number of imide groups is 1. The molecule has 1 aromatic heterocycles. The summed E-state index contributed by atoms with van der Waals surface area (Å²) in [6.07, 6.45) is 2.40. The summed E-state index contributed by atoms with van der Waals surface area (Å²) in [5, 5.41) is 2.06. The summed E-state index contributed by atoms with van der Waals surface area (Å²) in [7, 11) is 0. The Kier molecular flexibility index (Phi) is 5.55. The number of carbonyl (C=O) groups is 3. The van der Waals surface area contributed by atoms with Crippen molar-refractivity contribution in [1.29, 1.82) is 0 Å². The minimum absolute atomic E-state index is 0.0878. The largest absolute Gasteiger partial charge is 0.341 e. The van der Waals surface area contributed by atoms with E-state index in [-0.39, 0.29) is 37.1 Å². The number of aryl methyl sites for hydroxylation is 1. The van der Waals surface area contributed by atoms with Crippen LogP contribution in [-0.2, 0) is 14.4 Å². The van der Waals surface area contributed by atoms with Crippen molar-refractivity contribution in [3.05, 3.63) is 11.1 Å². The fourth-order valence-corrected chi connectivity index (χ4v) is 5.03. The zero-order valence-electron chi connectivity index (χ0n) is 13.7. The molecule has 8 heteroatoms. The molecule has 1 aromatic rings. The predicted octanol–water partition coefficient (Wildman–Crippen LogP) is 1.93. The van der Waals surface area contributed by atoms with Gasteiger partial charge in [0.1, 0.15) is 10.9 Å². The molecule has 2 aliphatic rings. The van der Waals surface area contributed by atoms with E-state index in [9.17, 15) is 14.4 Å². The molecule has 3 heterocycles. The molecule has 0 N–H and O–H groups in total. The van der Waals surface area contributed by atoms with E-state index in [0.717, 1.165) is 33.5 Å². The molecule has 2 fully saturated rings. The first-order chi connectivity index (χ1) is 11.5. The molecule has 0 aromatic carbocycles. The lowest BCUT2D eigenvalue weighted by Gasteiger charge is -2.32. The molecule has 2 aliphatic heterocycles. The lowest BCUT2D eigenvalue weighted by Crippen LogP contribution is -2.45. The Labute approximate surface area is 149 Å². The maximum absolute atomic E-state index is 12.3. The Morgan fingerprint density at radius 3 is 2.54 bits per heavy atom. The maximum atomic E-state index is 12.3. The molecule has 2 saturated heterocycles. The molecular weight excluding hydrogens is 346 g/mol. The van der Waals surface area contributed by atoms with Crippen LogP contribution in [0.4, 0.5) is 0 Å². The summed E-state index contributed by atoms with van der Waals surface area (Å²) in [5.74, 6) is 1.05. The van der Waals surface area contributed by atoms with Crippen LogP contribution in [0.15, 0.2) is 9.72 Å². The number of rotatable bonds is 5. The van der Waals surface area contributed by atoms with E-state index in [1.165, 1.54) is 0 Å². The van der Waals surface area contributed by atoms with E-state index in [1.54, 1.807) is 28.0 Å². The Hall–Kier alpha value is -1.41. The number of nitrogens with zero attached hydrogens (tertiary/aromatic N) is 3. The maximum Gasteiger partial charge on any atom is 0.242 e. The molecule has 0 spiro atoms. The number of thiazole rings is 1. The van der Waals surface area contributed by atoms with Gasteiger partial charge in [0, 0.05) is 42.8 Å². The van der Waals surface area contributed by atoms with Crippen LogP contribution in [-0.4, -0.2) is 57.9 Å². The van der Waals surface area contributed by atoms with Crippen molar-refractivity contribution in [2.75, 3.05) is 25.4 Å². The van der Waals surface area contributed by atoms with E-state index in [4.69, 9.17) is 0 Å².